The lowest BCUT2D eigenvalue weighted by Crippen LogP contribution is -2.39. The van der Waals surface area contributed by atoms with E-state index in [2.05, 4.69) is 10.4 Å². The van der Waals surface area contributed by atoms with Gasteiger partial charge in [0.05, 0.1) is 6.20 Å². The van der Waals surface area contributed by atoms with Crippen LogP contribution in [0.25, 0.3) is 0 Å². The number of aromatic nitrogens is 2. The van der Waals surface area contributed by atoms with Gasteiger partial charge in [-0.15, -0.1) is 0 Å². The molecule has 0 aromatic carbocycles. The number of carbonyl (C=O) groups excluding carboxylic acids is 1. The Morgan fingerprint density at radius 2 is 2.15 bits per heavy atom. The van der Waals surface area contributed by atoms with Gasteiger partial charge in [-0.25, -0.2) is 4.79 Å². The first-order valence-corrected chi connectivity index (χ1v) is 6.79. The fourth-order valence-corrected chi connectivity index (χ4v) is 3.12. The Morgan fingerprint density at radius 1 is 1.45 bits per heavy atom. The average molecular weight is 278 g/mol. The summed E-state index contributed by atoms with van der Waals surface area (Å²) in [6.07, 6.45) is 3.20. The van der Waals surface area contributed by atoms with Gasteiger partial charge >= 0.3 is 6.09 Å². The molecule has 1 atom stereocenters. The summed E-state index contributed by atoms with van der Waals surface area (Å²) in [6.45, 7) is 1.07. The van der Waals surface area contributed by atoms with Crippen LogP contribution in [-0.2, 0) is 11.8 Å². The number of rotatable bonds is 2. The Morgan fingerprint density at radius 3 is 2.70 bits per heavy atom. The molecule has 2 aliphatic rings. The van der Waals surface area contributed by atoms with Gasteiger partial charge in [-0.3, -0.25) is 9.48 Å². The van der Waals surface area contributed by atoms with Crippen molar-refractivity contribution >= 4 is 17.8 Å². The minimum Gasteiger partial charge on any atom is -0.465 e. The maximum atomic E-state index is 12.2. The summed E-state index contributed by atoms with van der Waals surface area (Å²) in [4.78, 5) is 24.5. The molecule has 2 amide bonds. The van der Waals surface area contributed by atoms with E-state index in [1.54, 1.807) is 24.0 Å². The topological polar surface area (TPSA) is 87.5 Å². The molecule has 108 valence electrons. The van der Waals surface area contributed by atoms with E-state index in [1.807, 2.05) is 0 Å². The van der Waals surface area contributed by atoms with E-state index in [9.17, 15) is 9.59 Å². The molecule has 7 heteroatoms. The number of carboxylic acid groups (broad SMARTS) is 1. The smallest absolute Gasteiger partial charge is 0.407 e. The summed E-state index contributed by atoms with van der Waals surface area (Å²) in [7, 11) is 1.78. The molecule has 3 rings (SSSR count). The van der Waals surface area contributed by atoms with Crippen molar-refractivity contribution in [3.05, 3.63) is 12.3 Å². The van der Waals surface area contributed by atoms with Crippen LogP contribution >= 0.6 is 0 Å². The first-order chi connectivity index (χ1) is 9.52. The summed E-state index contributed by atoms with van der Waals surface area (Å²) in [5.74, 6) is 0.728. The molecule has 2 heterocycles. The third-order valence-corrected chi connectivity index (χ3v) is 4.61. The molecule has 20 heavy (non-hydrogen) atoms. The number of hydrogen-bond donors (Lipinski definition) is 2. The highest BCUT2D eigenvalue weighted by atomic mass is 16.4. The molecule has 2 N–H and O–H groups in total. The van der Waals surface area contributed by atoms with Gasteiger partial charge < -0.3 is 15.3 Å². The molecule has 1 aromatic heterocycles. The number of nitrogens with zero attached hydrogens (tertiary/aromatic N) is 3. The number of likely N-dealkylation sites (tertiary alicyclic amines) is 1. The zero-order valence-electron chi connectivity index (χ0n) is 11.4. The second kappa shape index (κ2) is 4.50. The first kappa shape index (κ1) is 13.0. The van der Waals surface area contributed by atoms with Crippen LogP contribution in [-0.4, -0.2) is 44.9 Å². The van der Waals surface area contributed by atoms with Crippen molar-refractivity contribution in [3.8, 4) is 0 Å². The molecule has 2 fully saturated rings. The van der Waals surface area contributed by atoms with Crippen molar-refractivity contribution < 1.29 is 14.7 Å². The van der Waals surface area contributed by atoms with Gasteiger partial charge in [-0.2, -0.15) is 5.10 Å². The van der Waals surface area contributed by atoms with Crippen molar-refractivity contribution in [2.75, 3.05) is 18.4 Å². The van der Waals surface area contributed by atoms with E-state index in [0.717, 1.165) is 19.3 Å². The number of nitrogens with one attached hydrogen (secondary N) is 1. The molecular weight excluding hydrogens is 260 g/mol. The van der Waals surface area contributed by atoms with E-state index in [-0.39, 0.29) is 17.2 Å². The average Bonchev–Trinajstić information content (AvgIpc) is 2.97. The predicted octanol–water partition coefficient (Wildman–Crippen LogP) is 1.14. The van der Waals surface area contributed by atoms with Gasteiger partial charge in [-0.1, -0.05) is 0 Å². The lowest BCUT2D eigenvalue weighted by Gasteiger charge is -2.30. The molecule has 1 aromatic rings. The normalized spacial score (nSPS) is 23.6. The third kappa shape index (κ3) is 2.13. The summed E-state index contributed by atoms with van der Waals surface area (Å²) in [5.41, 5.74) is 0.0224. The van der Waals surface area contributed by atoms with Gasteiger partial charge in [0.25, 0.3) is 0 Å². The maximum Gasteiger partial charge on any atom is 0.407 e. The monoisotopic (exact) mass is 278 g/mol. The minimum atomic E-state index is -0.864. The van der Waals surface area contributed by atoms with Crippen LogP contribution in [0, 0.1) is 11.3 Å². The van der Waals surface area contributed by atoms with Crippen LogP contribution in [0.2, 0.25) is 0 Å². The van der Waals surface area contributed by atoms with Crippen LogP contribution in [0.3, 0.4) is 0 Å². The second-order valence-electron chi connectivity index (χ2n) is 5.72. The number of piperidine rings is 1. The van der Waals surface area contributed by atoms with E-state index in [1.165, 1.54) is 4.90 Å². The standard InChI is InChI=1S/C13H18N4O3/c1-16-10(2-5-14-16)15-11(18)9-8-13(9)3-6-17(7-4-13)12(19)20/h2,5,9H,3-4,6-8H2,1H3,(H,15,18)(H,19,20). The molecule has 0 bridgehead atoms. The molecule has 1 aliphatic heterocycles. The van der Waals surface area contributed by atoms with Crippen LogP contribution in [0.1, 0.15) is 19.3 Å². The largest absolute Gasteiger partial charge is 0.465 e. The quantitative estimate of drug-likeness (QED) is 0.849. The van der Waals surface area contributed by atoms with Crippen LogP contribution in [0.5, 0.6) is 0 Å². The summed E-state index contributed by atoms with van der Waals surface area (Å²) in [6, 6.07) is 1.76. The minimum absolute atomic E-state index is 0.00773. The summed E-state index contributed by atoms with van der Waals surface area (Å²) >= 11 is 0. The first-order valence-electron chi connectivity index (χ1n) is 6.79. The number of anilines is 1. The van der Waals surface area contributed by atoms with Gasteiger partial charge in [0.15, 0.2) is 0 Å². The Bertz CT molecular complexity index is 546. The molecule has 0 radical (unpaired) electrons. The lowest BCUT2D eigenvalue weighted by atomic mass is 9.91. The Labute approximate surface area is 116 Å². The maximum absolute atomic E-state index is 12.2. The number of hydrogen-bond acceptors (Lipinski definition) is 3. The van der Waals surface area contributed by atoms with Crippen molar-refractivity contribution in [1.29, 1.82) is 0 Å². The fourth-order valence-electron chi connectivity index (χ4n) is 3.12. The Balaban J connectivity index is 1.58. The molecule has 1 unspecified atom stereocenters. The van der Waals surface area contributed by atoms with Crippen molar-refractivity contribution in [3.63, 3.8) is 0 Å². The van der Waals surface area contributed by atoms with E-state index in [4.69, 9.17) is 5.11 Å². The van der Waals surface area contributed by atoms with Crippen molar-refractivity contribution in [2.45, 2.75) is 19.3 Å². The number of aryl methyl sites for hydroxylation is 1. The number of carbonyl (C=O) groups is 2. The Hall–Kier alpha value is -2.05. The molecule has 1 aliphatic carbocycles. The van der Waals surface area contributed by atoms with Gasteiger partial charge in [0.2, 0.25) is 5.91 Å². The van der Waals surface area contributed by atoms with Crippen LogP contribution in [0.4, 0.5) is 10.6 Å². The number of amides is 2. The fraction of sp³-hybridized carbons (Fsp3) is 0.615. The van der Waals surface area contributed by atoms with Gasteiger partial charge in [-0.05, 0) is 24.7 Å². The Kier molecular flexibility index (Phi) is 2.92. The molecule has 1 saturated heterocycles. The van der Waals surface area contributed by atoms with Gasteiger partial charge in [0, 0.05) is 32.1 Å². The highest BCUT2D eigenvalue weighted by Crippen LogP contribution is 2.59. The highest BCUT2D eigenvalue weighted by Gasteiger charge is 2.58. The van der Waals surface area contributed by atoms with E-state index < -0.39 is 6.09 Å². The van der Waals surface area contributed by atoms with Gasteiger partial charge in [0.1, 0.15) is 5.82 Å². The zero-order chi connectivity index (χ0) is 14.3. The van der Waals surface area contributed by atoms with E-state index in [0.29, 0.717) is 18.9 Å². The third-order valence-electron chi connectivity index (χ3n) is 4.61. The zero-order valence-corrected chi connectivity index (χ0v) is 11.4. The summed E-state index contributed by atoms with van der Waals surface area (Å²) < 4.78 is 1.62. The van der Waals surface area contributed by atoms with Crippen molar-refractivity contribution in [2.24, 2.45) is 18.4 Å². The van der Waals surface area contributed by atoms with Crippen LogP contribution in [0.15, 0.2) is 12.3 Å². The molecular formula is C13H18N4O3. The predicted molar refractivity (Wildman–Crippen MR) is 71.2 cm³/mol. The van der Waals surface area contributed by atoms with E-state index >= 15 is 0 Å². The molecule has 7 nitrogen and oxygen atoms in total. The van der Waals surface area contributed by atoms with Crippen molar-refractivity contribution in [1.82, 2.24) is 14.7 Å². The summed E-state index contributed by atoms with van der Waals surface area (Å²) in [5, 5.41) is 15.8. The lowest BCUT2D eigenvalue weighted by molar-refractivity contribution is -0.118. The SMILES string of the molecule is Cn1nccc1NC(=O)C1CC12CCN(C(=O)O)CC2. The second-order valence-corrected chi connectivity index (χ2v) is 5.72. The highest BCUT2D eigenvalue weighted by molar-refractivity contribution is 5.94. The molecule has 1 saturated carbocycles. The molecule has 1 spiro atoms. The van der Waals surface area contributed by atoms with Crippen LogP contribution < -0.4 is 5.32 Å².